The number of nitrogens with one attached hydrogen (secondary N) is 2. The normalized spacial score (nSPS) is 22.1. The minimum atomic E-state index is -0.911. The smallest absolute Gasteiger partial charge is 0.318 e. The Bertz CT molecular complexity index is 1380. The number of hydrogen-bond donors (Lipinski definition) is 2. The van der Waals surface area contributed by atoms with Crippen molar-refractivity contribution in [2.24, 2.45) is 5.92 Å². The minimum absolute atomic E-state index is 0.125. The summed E-state index contributed by atoms with van der Waals surface area (Å²) < 4.78 is 5.40. The fourth-order valence-electron chi connectivity index (χ4n) is 6.18. The number of ether oxygens (including phenoxy) is 1. The first-order valence-electron chi connectivity index (χ1n) is 14.5. The Morgan fingerprint density at radius 1 is 0.929 bits per heavy atom. The van der Waals surface area contributed by atoms with Crippen molar-refractivity contribution < 1.29 is 19.1 Å². The maximum absolute atomic E-state index is 14.6. The number of carbonyl (C=O) groups excluding carboxylic acids is 3. The monoisotopic (exact) mass is 588 g/mol. The molecule has 2 heterocycles. The Hall–Kier alpha value is -3.88. The van der Waals surface area contributed by atoms with E-state index in [-0.39, 0.29) is 17.7 Å². The van der Waals surface area contributed by atoms with E-state index < -0.39 is 23.9 Å². The molecule has 2 aliphatic heterocycles. The van der Waals surface area contributed by atoms with E-state index >= 15 is 0 Å². The van der Waals surface area contributed by atoms with Crippen LogP contribution in [0, 0.1) is 5.92 Å². The molecule has 5 rings (SSSR count). The molecule has 4 atom stereocenters. The van der Waals surface area contributed by atoms with Crippen molar-refractivity contribution in [3.8, 4) is 5.75 Å². The Morgan fingerprint density at radius 2 is 1.57 bits per heavy atom. The maximum atomic E-state index is 14.6. The average Bonchev–Trinajstić information content (AvgIpc) is 3.40. The van der Waals surface area contributed by atoms with E-state index in [0.717, 1.165) is 17.5 Å². The third-order valence-electron chi connectivity index (χ3n) is 8.18. The Balaban J connectivity index is 1.74. The van der Waals surface area contributed by atoms with E-state index in [0.29, 0.717) is 49.1 Å². The molecule has 2 aliphatic rings. The predicted octanol–water partition coefficient (Wildman–Crippen LogP) is 4.91. The highest BCUT2D eigenvalue weighted by atomic mass is 35.5. The molecule has 0 bridgehead atoms. The van der Waals surface area contributed by atoms with E-state index in [2.05, 4.69) is 10.6 Å². The zero-order valence-electron chi connectivity index (χ0n) is 24.0. The summed E-state index contributed by atoms with van der Waals surface area (Å²) >= 11 is 6.29. The molecular formula is C33H37ClN4O4. The first-order chi connectivity index (χ1) is 20.4. The zero-order chi connectivity index (χ0) is 29.6. The number of piperazine rings is 1. The van der Waals surface area contributed by atoms with Crippen LogP contribution < -0.4 is 15.4 Å². The fraction of sp³-hybridized carbons (Fsp3) is 0.364. The molecule has 3 aromatic rings. The molecule has 8 nitrogen and oxygen atoms in total. The second kappa shape index (κ2) is 13.4. The molecule has 0 saturated carbocycles. The van der Waals surface area contributed by atoms with Gasteiger partial charge in [-0.3, -0.25) is 9.59 Å². The number of halogens is 1. The van der Waals surface area contributed by atoms with Gasteiger partial charge in [-0.25, -0.2) is 4.79 Å². The quantitative estimate of drug-likeness (QED) is 0.365. The van der Waals surface area contributed by atoms with Crippen LogP contribution in [0.2, 0.25) is 5.02 Å². The highest BCUT2D eigenvalue weighted by Gasteiger charge is 2.58. The number of ketones is 1. The number of hydrogen-bond acceptors (Lipinski definition) is 5. The summed E-state index contributed by atoms with van der Waals surface area (Å²) in [5, 5.41) is 6.86. The number of nitrogens with zero attached hydrogens (tertiary/aromatic N) is 2. The number of rotatable bonds is 8. The third kappa shape index (κ3) is 6.01. The number of amides is 3. The van der Waals surface area contributed by atoms with Gasteiger partial charge in [-0.2, -0.15) is 0 Å². The Morgan fingerprint density at radius 3 is 2.19 bits per heavy atom. The molecule has 3 amide bonds. The summed E-state index contributed by atoms with van der Waals surface area (Å²) in [6, 6.07) is 21.8. The maximum Gasteiger partial charge on any atom is 0.318 e. The fourth-order valence-corrected chi connectivity index (χ4v) is 6.30. The van der Waals surface area contributed by atoms with Crippen LogP contribution in [0.5, 0.6) is 5.75 Å². The number of Topliss-reactive ketones (excluding diaryl/α,β-unsaturated/α-hetero) is 1. The molecule has 0 aliphatic carbocycles. The van der Waals surface area contributed by atoms with Gasteiger partial charge < -0.3 is 25.2 Å². The molecule has 3 aromatic carbocycles. The molecular weight excluding hydrogens is 552 g/mol. The lowest BCUT2D eigenvalue weighted by molar-refractivity contribution is -0.136. The highest BCUT2D eigenvalue weighted by molar-refractivity contribution is 6.30. The van der Waals surface area contributed by atoms with Gasteiger partial charge in [-0.05, 0) is 41.8 Å². The van der Waals surface area contributed by atoms with Gasteiger partial charge in [0.1, 0.15) is 11.8 Å². The Kier molecular flexibility index (Phi) is 9.45. The van der Waals surface area contributed by atoms with Crippen molar-refractivity contribution in [2.45, 2.75) is 31.3 Å². The van der Waals surface area contributed by atoms with Crippen molar-refractivity contribution in [1.82, 2.24) is 20.4 Å². The molecule has 2 saturated heterocycles. The molecule has 0 aromatic heterocycles. The van der Waals surface area contributed by atoms with Crippen molar-refractivity contribution >= 4 is 29.3 Å². The van der Waals surface area contributed by atoms with Gasteiger partial charge in [0, 0.05) is 49.2 Å². The second-order valence-corrected chi connectivity index (χ2v) is 11.1. The lowest BCUT2D eigenvalue weighted by Crippen LogP contribution is -2.56. The van der Waals surface area contributed by atoms with Gasteiger partial charge in [0.25, 0.3) is 0 Å². The molecule has 2 fully saturated rings. The van der Waals surface area contributed by atoms with Crippen molar-refractivity contribution in [1.29, 1.82) is 0 Å². The zero-order valence-corrected chi connectivity index (χ0v) is 24.7. The van der Waals surface area contributed by atoms with Crippen LogP contribution >= 0.6 is 11.6 Å². The second-order valence-electron chi connectivity index (χ2n) is 10.7. The van der Waals surface area contributed by atoms with Gasteiger partial charge >= 0.3 is 6.03 Å². The Labute approximate surface area is 252 Å². The first kappa shape index (κ1) is 29.6. The molecule has 4 unspecified atom stereocenters. The molecule has 0 spiro atoms. The summed E-state index contributed by atoms with van der Waals surface area (Å²) in [5.74, 6) is -0.986. The number of urea groups is 1. The predicted molar refractivity (Wildman–Crippen MR) is 163 cm³/mol. The SMILES string of the molecule is CCCNC(=O)N1C(C(=O)N2CCNCC2)C(c2ccc(Cl)cc2)C(C(=O)c2ccccc2)C1c1ccc(OC)cc1. The molecule has 2 N–H and O–H groups in total. The van der Waals surface area contributed by atoms with Gasteiger partial charge in [0.05, 0.1) is 19.1 Å². The van der Waals surface area contributed by atoms with Crippen LogP contribution in [0.25, 0.3) is 0 Å². The van der Waals surface area contributed by atoms with Crippen LogP contribution in [0.4, 0.5) is 4.79 Å². The molecule has 42 heavy (non-hydrogen) atoms. The van der Waals surface area contributed by atoms with Crippen LogP contribution in [-0.2, 0) is 4.79 Å². The summed E-state index contributed by atoms with van der Waals surface area (Å²) in [4.78, 5) is 46.7. The average molecular weight is 589 g/mol. The van der Waals surface area contributed by atoms with Crippen LogP contribution in [0.15, 0.2) is 78.9 Å². The van der Waals surface area contributed by atoms with Crippen LogP contribution in [0.3, 0.4) is 0 Å². The number of benzene rings is 3. The van der Waals surface area contributed by atoms with E-state index in [1.54, 1.807) is 36.3 Å². The largest absolute Gasteiger partial charge is 0.497 e. The lowest BCUT2D eigenvalue weighted by Gasteiger charge is -2.36. The topological polar surface area (TPSA) is 91.0 Å². The van der Waals surface area contributed by atoms with Crippen molar-refractivity contribution in [3.63, 3.8) is 0 Å². The van der Waals surface area contributed by atoms with Gasteiger partial charge in [-0.15, -0.1) is 0 Å². The lowest BCUT2D eigenvalue weighted by atomic mass is 9.76. The van der Waals surface area contributed by atoms with Crippen LogP contribution in [-0.4, -0.2) is 73.4 Å². The van der Waals surface area contributed by atoms with E-state index in [1.807, 2.05) is 66.4 Å². The minimum Gasteiger partial charge on any atom is -0.497 e. The van der Waals surface area contributed by atoms with E-state index in [1.165, 1.54) is 0 Å². The van der Waals surface area contributed by atoms with E-state index in [9.17, 15) is 14.4 Å². The van der Waals surface area contributed by atoms with Gasteiger partial charge in [-0.1, -0.05) is 73.1 Å². The highest BCUT2D eigenvalue weighted by Crippen LogP contribution is 2.52. The summed E-state index contributed by atoms with van der Waals surface area (Å²) in [6.45, 7) is 4.81. The molecule has 0 radical (unpaired) electrons. The van der Waals surface area contributed by atoms with Crippen molar-refractivity contribution in [3.05, 3.63) is 101 Å². The van der Waals surface area contributed by atoms with Crippen LogP contribution in [0.1, 0.15) is 46.8 Å². The number of likely N-dealkylation sites (tertiary alicyclic amines) is 1. The first-order valence-corrected chi connectivity index (χ1v) is 14.9. The van der Waals surface area contributed by atoms with Gasteiger partial charge in [0.15, 0.2) is 5.78 Å². The number of methoxy groups -OCH3 is 1. The van der Waals surface area contributed by atoms with Crippen molar-refractivity contribution in [2.75, 3.05) is 39.8 Å². The number of carbonyl (C=O) groups is 3. The summed E-state index contributed by atoms with van der Waals surface area (Å²) in [5.41, 5.74) is 2.07. The third-order valence-corrected chi connectivity index (χ3v) is 8.43. The molecule has 220 valence electrons. The summed E-state index contributed by atoms with van der Waals surface area (Å²) in [7, 11) is 1.59. The van der Waals surface area contributed by atoms with Gasteiger partial charge in [0.2, 0.25) is 5.91 Å². The standard InChI is InChI=1S/C33H37ClN4O4/c1-3-17-36-33(41)38-29(23-11-15-26(42-2)16-12-23)28(31(39)24-7-5-4-6-8-24)27(22-9-13-25(34)14-10-22)30(38)32(40)37-20-18-35-19-21-37/h4-16,27-30,35H,3,17-21H2,1-2H3,(H,36,41). The molecule has 9 heteroatoms. The summed E-state index contributed by atoms with van der Waals surface area (Å²) in [6.07, 6.45) is 0.732. The van der Waals surface area contributed by atoms with E-state index in [4.69, 9.17) is 16.3 Å².